The van der Waals surface area contributed by atoms with Crippen LogP contribution in [0.2, 0.25) is 0 Å². The van der Waals surface area contributed by atoms with Crippen molar-refractivity contribution >= 4 is 11.5 Å². The third-order valence-corrected chi connectivity index (χ3v) is 3.47. The summed E-state index contributed by atoms with van der Waals surface area (Å²) in [6.45, 7) is 9.13. The van der Waals surface area contributed by atoms with Crippen LogP contribution < -0.4 is 5.32 Å². The van der Waals surface area contributed by atoms with Crippen molar-refractivity contribution in [2.24, 2.45) is 0 Å². The standard InChI is InChI=1S/C17H27NO.C2H6/c1-3-15-10-12-16(13-11-15)18-14-8-6-5-7-9-17(19)4-2;1-2/h10-13,18H,3-9,14H2,1-2H3;1-2H3. The Hall–Kier alpha value is -1.31. The van der Waals surface area contributed by atoms with Gasteiger partial charge >= 0.3 is 0 Å². The van der Waals surface area contributed by atoms with Crippen LogP contribution in [0.15, 0.2) is 24.3 Å². The van der Waals surface area contributed by atoms with Gasteiger partial charge in [-0.05, 0) is 37.0 Å². The Balaban J connectivity index is 0.00000191. The van der Waals surface area contributed by atoms with Gasteiger partial charge in [-0.2, -0.15) is 0 Å². The summed E-state index contributed by atoms with van der Waals surface area (Å²) < 4.78 is 0. The monoisotopic (exact) mass is 291 g/mol. The highest BCUT2D eigenvalue weighted by molar-refractivity contribution is 5.77. The lowest BCUT2D eigenvalue weighted by atomic mass is 10.1. The first-order valence-corrected chi connectivity index (χ1v) is 8.60. The molecule has 0 spiro atoms. The Kier molecular flexibility index (Phi) is 12.8. The first-order chi connectivity index (χ1) is 10.3. The highest BCUT2D eigenvalue weighted by atomic mass is 16.1. The number of aryl methyl sites for hydroxylation is 1. The molecule has 0 aromatic heterocycles. The Morgan fingerprint density at radius 3 is 2.14 bits per heavy atom. The normalized spacial score (nSPS) is 9.71. The minimum absolute atomic E-state index is 0.397. The van der Waals surface area contributed by atoms with E-state index in [0.29, 0.717) is 12.2 Å². The Morgan fingerprint density at radius 1 is 0.952 bits per heavy atom. The minimum Gasteiger partial charge on any atom is -0.385 e. The van der Waals surface area contributed by atoms with Gasteiger partial charge in [0.15, 0.2) is 0 Å². The van der Waals surface area contributed by atoms with Crippen LogP contribution in [0.1, 0.15) is 71.8 Å². The number of Topliss-reactive ketones (excluding diaryl/α,β-unsaturated/α-hetero) is 1. The Labute approximate surface area is 131 Å². The molecule has 0 saturated carbocycles. The minimum atomic E-state index is 0.397. The number of rotatable bonds is 10. The quantitative estimate of drug-likeness (QED) is 0.567. The molecule has 0 aliphatic heterocycles. The number of benzene rings is 1. The number of hydrogen-bond donors (Lipinski definition) is 1. The summed E-state index contributed by atoms with van der Waals surface area (Å²) in [6.07, 6.45) is 7.15. The van der Waals surface area contributed by atoms with E-state index in [1.165, 1.54) is 30.5 Å². The van der Waals surface area contributed by atoms with Crippen molar-refractivity contribution in [2.45, 2.75) is 72.6 Å². The topological polar surface area (TPSA) is 29.1 Å². The van der Waals surface area contributed by atoms with Crippen LogP contribution in [0.3, 0.4) is 0 Å². The molecule has 120 valence electrons. The summed E-state index contributed by atoms with van der Waals surface area (Å²) in [4.78, 5) is 11.1. The van der Waals surface area contributed by atoms with Gasteiger partial charge in [0.05, 0.1) is 0 Å². The van der Waals surface area contributed by atoms with Crippen molar-refractivity contribution in [3.05, 3.63) is 29.8 Å². The van der Waals surface area contributed by atoms with Crippen molar-refractivity contribution in [1.82, 2.24) is 0 Å². The molecular formula is C19H33NO. The van der Waals surface area contributed by atoms with E-state index in [1.807, 2.05) is 20.8 Å². The highest BCUT2D eigenvalue weighted by Gasteiger charge is 1.98. The first-order valence-electron chi connectivity index (χ1n) is 8.60. The molecule has 2 nitrogen and oxygen atoms in total. The fourth-order valence-corrected chi connectivity index (χ4v) is 2.07. The summed E-state index contributed by atoms with van der Waals surface area (Å²) in [5, 5.41) is 3.44. The molecule has 0 aliphatic carbocycles. The van der Waals surface area contributed by atoms with Crippen LogP contribution in [0, 0.1) is 0 Å². The van der Waals surface area contributed by atoms with Gasteiger partial charge in [-0.1, -0.05) is 52.7 Å². The van der Waals surface area contributed by atoms with Crippen LogP contribution in [0.4, 0.5) is 5.69 Å². The summed E-state index contributed by atoms with van der Waals surface area (Å²) in [6, 6.07) is 8.66. The molecule has 0 heterocycles. The second-order valence-electron chi connectivity index (χ2n) is 5.03. The molecular weight excluding hydrogens is 258 g/mol. The zero-order valence-electron chi connectivity index (χ0n) is 14.4. The van der Waals surface area contributed by atoms with Gasteiger partial charge in [0, 0.05) is 25.1 Å². The third-order valence-electron chi connectivity index (χ3n) is 3.47. The number of unbranched alkanes of at least 4 members (excludes halogenated alkanes) is 3. The van der Waals surface area contributed by atoms with E-state index in [9.17, 15) is 4.79 Å². The summed E-state index contributed by atoms with van der Waals surface area (Å²) in [5.74, 6) is 0.397. The number of hydrogen-bond acceptors (Lipinski definition) is 2. The SMILES string of the molecule is CC.CCC(=O)CCCCCCNc1ccc(CC)cc1. The first kappa shape index (κ1) is 19.7. The molecule has 2 heteroatoms. The van der Waals surface area contributed by atoms with E-state index >= 15 is 0 Å². The average Bonchev–Trinajstić information content (AvgIpc) is 2.56. The van der Waals surface area contributed by atoms with Crippen LogP contribution >= 0.6 is 0 Å². The van der Waals surface area contributed by atoms with Crippen molar-refractivity contribution in [1.29, 1.82) is 0 Å². The van der Waals surface area contributed by atoms with E-state index < -0.39 is 0 Å². The maximum absolute atomic E-state index is 11.1. The van der Waals surface area contributed by atoms with Crippen LogP contribution in [-0.4, -0.2) is 12.3 Å². The Morgan fingerprint density at radius 2 is 1.57 bits per heavy atom. The lowest BCUT2D eigenvalue weighted by molar-refractivity contribution is -0.118. The number of anilines is 1. The Bertz CT molecular complexity index is 356. The van der Waals surface area contributed by atoms with Gasteiger partial charge in [-0.3, -0.25) is 4.79 Å². The second kappa shape index (κ2) is 13.7. The molecule has 0 radical (unpaired) electrons. The molecule has 0 unspecified atom stereocenters. The fourth-order valence-electron chi connectivity index (χ4n) is 2.07. The highest BCUT2D eigenvalue weighted by Crippen LogP contribution is 2.11. The van der Waals surface area contributed by atoms with Crippen LogP contribution in [0.5, 0.6) is 0 Å². The molecule has 0 amide bonds. The summed E-state index contributed by atoms with van der Waals surface area (Å²) in [5.41, 5.74) is 2.59. The molecule has 0 saturated heterocycles. The number of carbonyl (C=O) groups excluding carboxylic acids is 1. The molecule has 1 aromatic rings. The number of nitrogens with one attached hydrogen (secondary N) is 1. The molecule has 1 aromatic carbocycles. The number of carbonyl (C=O) groups is 1. The molecule has 1 N–H and O–H groups in total. The van der Waals surface area contributed by atoms with Crippen LogP contribution in [0.25, 0.3) is 0 Å². The van der Waals surface area contributed by atoms with E-state index in [4.69, 9.17) is 0 Å². The maximum atomic E-state index is 11.1. The largest absolute Gasteiger partial charge is 0.385 e. The third kappa shape index (κ3) is 10.1. The molecule has 0 atom stereocenters. The predicted octanol–water partition coefficient (Wildman–Crippen LogP) is 5.62. The van der Waals surface area contributed by atoms with Crippen molar-refractivity contribution in [2.75, 3.05) is 11.9 Å². The van der Waals surface area contributed by atoms with Crippen LogP contribution in [-0.2, 0) is 11.2 Å². The number of ketones is 1. The molecule has 0 bridgehead atoms. The zero-order chi connectivity index (χ0) is 15.9. The average molecular weight is 291 g/mol. The van der Waals surface area contributed by atoms with Crippen molar-refractivity contribution < 1.29 is 4.79 Å². The van der Waals surface area contributed by atoms with E-state index in [1.54, 1.807) is 0 Å². The van der Waals surface area contributed by atoms with E-state index in [2.05, 4.69) is 36.5 Å². The van der Waals surface area contributed by atoms with Crippen molar-refractivity contribution in [3.63, 3.8) is 0 Å². The molecule has 1 rings (SSSR count). The molecule has 0 fully saturated rings. The summed E-state index contributed by atoms with van der Waals surface area (Å²) in [7, 11) is 0. The van der Waals surface area contributed by atoms with Gasteiger partial charge in [-0.25, -0.2) is 0 Å². The smallest absolute Gasteiger partial charge is 0.132 e. The van der Waals surface area contributed by atoms with Crippen molar-refractivity contribution in [3.8, 4) is 0 Å². The van der Waals surface area contributed by atoms with Gasteiger partial charge in [0.2, 0.25) is 0 Å². The van der Waals surface area contributed by atoms with E-state index in [-0.39, 0.29) is 0 Å². The lowest BCUT2D eigenvalue weighted by Gasteiger charge is -2.07. The zero-order valence-corrected chi connectivity index (χ0v) is 14.4. The molecule has 0 aliphatic rings. The van der Waals surface area contributed by atoms with Gasteiger partial charge in [-0.15, -0.1) is 0 Å². The maximum Gasteiger partial charge on any atom is 0.132 e. The summed E-state index contributed by atoms with van der Waals surface area (Å²) >= 11 is 0. The van der Waals surface area contributed by atoms with Gasteiger partial charge in [0.25, 0.3) is 0 Å². The predicted molar refractivity (Wildman–Crippen MR) is 94.0 cm³/mol. The van der Waals surface area contributed by atoms with Gasteiger partial charge in [0.1, 0.15) is 5.78 Å². The van der Waals surface area contributed by atoms with Gasteiger partial charge < -0.3 is 5.32 Å². The fraction of sp³-hybridized carbons (Fsp3) is 0.632. The second-order valence-corrected chi connectivity index (χ2v) is 5.03. The van der Waals surface area contributed by atoms with E-state index in [0.717, 1.165) is 25.8 Å². The molecule has 21 heavy (non-hydrogen) atoms. The lowest BCUT2D eigenvalue weighted by Crippen LogP contribution is -2.01.